The van der Waals surface area contributed by atoms with E-state index in [4.69, 9.17) is 0 Å². The summed E-state index contributed by atoms with van der Waals surface area (Å²) in [7, 11) is 0. The van der Waals surface area contributed by atoms with Crippen LogP contribution in [-0.2, 0) is 11.2 Å². The summed E-state index contributed by atoms with van der Waals surface area (Å²) in [5.41, 5.74) is 1.45. The van der Waals surface area contributed by atoms with Crippen LogP contribution in [-0.4, -0.2) is 41.1 Å². The second kappa shape index (κ2) is 8.49. The number of fused-ring (bicyclic) bond motifs is 1. The van der Waals surface area contributed by atoms with Crippen molar-refractivity contribution in [2.24, 2.45) is 0 Å². The lowest BCUT2D eigenvalue weighted by atomic mass is 9.85. The van der Waals surface area contributed by atoms with E-state index in [9.17, 15) is 14.3 Å². The molecule has 0 bridgehead atoms. The van der Waals surface area contributed by atoms with Gasteiger partial charge in [0.05, 0.1) is 18.2 Å². The number of rotatable bonds is 6. The maximum atomic E-state index is 13.5. The first-order valence-electron chi connectivity index (χ1n) is 10.0. The van der Waals surface area contributed by atoms with Gasteiger partial charge in [0.1, 0.15) is 5.82 Å². The van der Waals surface area contributed by atoms with Gasteiger partial charge in [0.2, 0.25) is 5.91 Å². The molecule has 4 nitrogen and oxygen atoms in total. The molecule has 3 rings (SSSR count). The van der Waals surface area contributed by atoms with Gasteiger partial charge >= 0.3 is 0 Å². The molecule has 144 valence electrons. The number of benzene rings is 1. The van der Waals surface area contributed by atoms with Gasteiger partial charge in [-0.15, -0.1) is 0 Å². The van der Waals surface area contributed by atoms with Crippen LogP contribution < -0.4 is 5.32 Å². The predicted octanol–water partition coefficient (Wildman–Crippen LogP) is 3.34. The predicted molar refractivity (Wildman–Crippen MR) is 100 cm³/mol. The number of hydrogen-bond acceptors (Lipinski definition) is 3. The third kappa shape index (κ3) is 4.44. The standard InChI is InChI=1S/C21H31FN2O2/c1-2-6-19-18-8-7-17(22)13-16(18)9-12-24(19)20(25)14-23-15-21(26)10-4-3-5-11-21/h7-8,13,19,23,26H,2-6,9-12,14-15H2,1H3. The van der Waals surface area contributed by atoms with Crippen molar-refractivity contribution in [3.05, 3.63) is 35.1 Å². The molecular formula is C21H31FN2O2. The van der Waals surface area contributed by atoms with E-state index < -0.39 is 5.60 Å². The molecule has 1 amide bonds. The van der Waals surface area contributed by atoms with Crippen LogP contribution in [0.1, 0.15) is 69.0 Å². The largest absolute Gasteiger partial charge is 0.389 e. The van der Waals surface area contributed by atoms with Gasteiger partial charge in [-0.25, -0.2) is 4.39 Å². The molecule has 1 heterocycles. The van der Waals surface area contributed by atoms with Gasteiger partial charge in [0.15, 0.2) is 0 Å². The molecular weight excluding hydrogens is 331 g/mol. The Labute approximate surface area is 155 Å². The summed E-state index contributed by atoms with van der Waals surface area (Å²) in [6.45, 7) is 3.47. The Morgan fingerprint density at radius 2 is 2.12 bits per heavy atom. The minimum absolute atomic E-state index is 0.0245. The lowest BCUT2D eigenvalue weighted by Gasteiger charge is -2.38. The second-order valence-corrected chi connectivity index (χ2v) is 7.87. The third-order valence-corrected chi connectivity index (χ3v) is 5.86. The van der Waals surface area contributed by atoms with Gasteiger partial charge in [-0.2, -0.15) is 0 Å². The van der Waals surface area contributed by atoms with Crippen LogP contribution in [0.15, 0.2) is 18.2 Å². The van der Waals surface area contributed by atoms with Crippen molar-refractivity contribution in [3.63, 3.8) is 0 Å². The molecule has 1 aliphatic carbocycles. The van der Waals surface area contributed by atoms with Gasteiger partial charge < -0.3 is 15.3 Å². The molecule has 0 saturated heterocycles. The van der Waals surface area contributed by atoms with Gasteiger partial charge in [-0.3, -0.25) is 4.79 Å². The van der Waals surface area contributed by atoms with Crippen LogP contribution in [0.5, 0.6) is 0 Å². The molecule has 1 fully saturated rings. The Balaban J connectivity index is 1.61. The van der Waals surface area contributed by atoms with Crippen molar-refractivity contribution in [3.8, 4) is 0 Å². The smallest absolute Gasteiger partial charge is 0.237 e. The minimum Gasteiger partial charge on any atom is -0.389 e. The first-order chi connectivity index (χ1) is 12.5. The summed E-state index contributed by atoms with van der Waals surface area (Å²) in [6, 6.07) is 4.96. The fourth-order valence-electron chi connectivity index (χ4n) is 4.45. The van der Waals surface area contributed by atoms with Crippen LogP contribution in [0.2, 0.25) is 0 Å². The van der Waals surface area contributed by atoms with Crippen molar-refractivity contribution in [1.82, 2.24) is 10.2 Å². The first kappa shape index (κ1) is 19.3. The summed E-state index contributed by atoms with van der Waals surface area (Å²) in [6.07, 6.45) is 7.49. The van der Waals surface area contributed by atoms with Crippen molar-refractivity contribution >= 4 is 5.91 Å². The van der Waals surface area contributed by atoms with Crippen LogP contribution in [0.3, 0.4) is 0 Å². The van der Waals surface area contributed by atoms with Crippen LogP contribution >= 0.6 is 0 Å². The SMILES string of the molecule is CCCC1c2ccc(F)cc2CCN1C(=O)CNCC1(O)CCCCC1. The zero-order valence-electron chi connectivity index (χ0n) is 15.8. The molecule has 1 atom stereocenters. The van der Waals surface area contributed by atoms with Crippen molar-refractivity contribution < 1.29 is 14.3 Å². The Hall–Kier alpha value is -1.46. The highest BCUT2D eigenvalue weighted by atomic mass is 19.1. The van der Waals surface area contributed by atoms with E-state index >= 15 is 0 Å². The van der Waals surface area contributed by atoms with Gasteiger partial charge in [0, 0.05) is 13.1 Å². The third-order valence-electron chi connectivity index (χ3n) is 5.86. The summed E-state index contributed by atoms with van der Waals surface area (Å²) in [5.74, 6) is -0.140. The minimum atomic E-state index is -0.659. The fourth-order valence-corrected chi connectivity index (χ4v) is 4.45. The highest BCUT2D eigenvalue weighted by Crippen LogP contribution is 2.33. The highest BCUT2D eigenvalue weighted by molar-refractivity contribution is 5.79. The van der Waals surface area contributed by atoms with Crippen LogP contribution in [0.25, 0.3) is 0 Å². The van der Waals surface area contributed by atoms with E-state index in [1.54, 1.807) is 6.07 Å². The average molecular weight is 362 g/mol. The van der Waals surface area contributed by atoms with Gasteiger partial charge in [-0.05, 0) is 48.9 Å². The maximum absolute atomic E-state index is 13.5. The maximum Gasteiger partial charge on any atom is 0.237 e. The number of nitrogens with one attached hydrogen (secondary N) is 1. The van der Waals surface area contributed by atoms with Crippen molar-refractivity contribution in [2.45, 2.75) is 69.9 Å². The molecule has 26 heavy (non-hydrogen) atoms. The molecule has 1 unspecified atom stereocenters. The number of hydrogen-bond donors (Lipinski definition) is 2. The molecule has 2 aliphatic rings. The van der Waals surface area contributed by atoms with E-state index in [2.05, 4.69) is 12.2 Å². The van der Waals surface area contributed by atoms with Crippen molar-refractivity contribution in [1.29, 1.82) is 0 Å². The van der Waals surface area contributed by atoms with Crippen molar-refractivity contribution in [2.75, 3.05) is 19.6 Å². The zero-order valence-corrected chi connectivity index (χ0v) is 15.8. The lowest BCUT2D eigenvalue weighted by molar-refractivity contribution is -0.133. The van der Waals surface area contributed by atoms with E-state index in [0.717, 1.165) is 49.7 Å². The Bertz CT molecular complexity index is 628. The number of carbonyl (C=O) groups is 1. The highest BCUT2D eigenvalue weighted by Gasteiger charge is 2.32. The monoisotopic (exact) mass is 362 g/mol. The summed E-state index contributed by atoms with van der Waals surface area (Å²) in [4.78, 5) is 14.7. The number of halogens is 1. The lowest BCUT2D eigenvalue weighted by Crippen LogP contribution is -2.48. The molecule has 1 aliphatic heterocycles. The molecule has 0 aromatic heterocycles. The van der Waals surface area contributed by atoms with E-state index in [0.29, 0.717) is 19.5 Å². The van der Waals surface area contributed by atoms with E-state index in [1.807, 2.05) is 11.0 Å². The summed E-state index contributed by atoms with van der Waals surface area (Å²) < 4.78 is 13.5. The molecule has 0 spiro atoms. The Morgan fingerprint density at radius 3 is 2.85 bits per heavy atom. The van der Waals surface area contributed by atoms with E-state index in [1.165, 1.54) is 12.5 Å². The van der Waals surface area contributed by atoms with E-state index in [-0.39, 0.29) is 24.3 Å². The normalized spacial score (nSPS) is 22.1. The van der Waals surface area contributed by atoms with Gasteiger partial charge in [0.25, 0.3) is 0 Å². The molecule has 2 N–H and O–H groups in total. The molecule has 1 saturated carbocycles. The number of amides is 1. The molecule has 0 radical (unpaired) electrons. The molecule has 1 aromatic carbocycles. The molecule has 5 heteroatoms. The average Bonchev–Trinajstić information content (AvgIpc) is 2.62. The second-order valence-electron chi connectivity index (χ2n) is 7.87. The fraction of sp³-hybridized carbons (Fsp3) is 0.667. The van der Waals surface area contributed by atoms with Crippen LogP contribution in [0, 0.1) is 5.82 Å². The quantitative estimate of drug-likeness (QED) is 0.816. The van der Waals surface area contributed by atoms with Crippen LogP contribution in [0.4, 0.5) is 4.39 Å². The topological polar surface area (TPSA) is 52.6 Å². The molecule has 1 aromatic rings. The number of nitrogens with zero attached hydrogens (tertiary/aromatic N) is 1. The Morgan fingerprint density at radius 1 is 1.35 bits per heavy atom. The zero-order chi connectivity index (χ0) is 18.6. The first-order valence-corrected chi connectivity index (χ1v) is 10.0. The number of aliphatic hydroxyl groups is 1. The van der Waals surface area contributed by atoms with Gasteiger partial charge in [-0.1, -0.05) is 38.7 Å². The summed E-state index contributed by atoms with van der Waals surface area (Å²) in [5, 5.41) is 13.8. The Kier molecular flexibility index (Phi) is 6.30. The summed E-state index contributed by atoms with van der Waals surface area (Å²) >= 11 is 0. The number of carbonyl (C=O) groups excluding carboxylic acids is 1.